The van der Waals surface area contributed by atoms with E-state index in [2.05, 4.69) is 11.8 Å². The molecule has 0 aliphatic carbocycles. The van der Waals surface area contributed by atoms with Crippen LogP contribution in [0.25, 0.3) is 0 Å². The molecule has 1 heterocycles. The predicted molar refractivity (Wildman–Crippen MR) is 64.5 cm³/mol. The number of phenolic OH excluding ortho intramolecular Hbond substituents is 1. The van der Waals surface area contributed by atoms with E-state index in [1.807, 2.05) is 0 Å². The maximum atomic E-state index is 13.3. The molecular formula is C14H15FO3. The number of hydrogen-bond donors (Lipinski definition) is 1. The van der Waals surface area contributed by atoms with Gasteiger partial charge >= 0.3 is 0 Å². The van der Waals surface area contributed by atoms with Gasteiger partial charge in [0.2, 0.25) is 0 Å². The normalized spacial score (nSPS) is 19.1. The molecule has 0 amide bonds. The molecule has 4 heteroatoms. The molecule has 1 saturated heterocycles. The fourth-order valence-electron chi connectivity index (χ4n) is 1.71. The summed E-state index contributed by atoms with van der Waals surface area (Å²) in [5.74, 6) is 4.76. The van der Waals surface area contributed by atoms with Crippen LogP contribution in [0.15, 0.2) is 18.2 Å². The molecule has 0 radical (unpaired) electrons. The fourth-order valence-corrected chi connectivity index (χ4v) is 1.71. The summed E-state index contributed by atoms with van der Waals surface area (Å²) < 4.78 is 24.1. The lowest BCUT2D eigenvalue weighted by atomic mass is 10.2. The van der Waals surface area contributed by atoms with Crippen LogP contribution in [0, 0.1) is 17.7 Å². The highest BCUT2D eigenvalue weighted by molar-refractivity contribution is 5.39. The Hall–Kier alpha value is -1.57. The zero-order valence-corrected chi connectivity index (χ0v) is 9.99. The molecule has 1 aromatic carbocycles. The van der Waals surface area contributed by atoms with Crippen molar-refractivity contribution in [2.45, 2.75) is 25.6 Å². The lowest BCUT2D eigenvalue weighted by Gasteiger charge is -2.21. The van der Waals surface area contributed by atoms with Gasteiger partial charge in [-0.25, -0.2) is 4.39 Å². The van der Waals surface area contributed by atoms with Gasteiger partial charge in [-0.1, -0.05) is 11.8 Å². The maximum Gasteiger partial charge on any atom is 0.158 e. The quantitative estimate of drug-likeness (QED) is 0.819. The first-order valence-electron chi connectivity index (χ1n) is 5.96. The van der Waals surface area contributed by atoms with Gasteiger partial charge in [0.25, 0.3) is 0 Å². The van der Waals surface area contributed by atoms with E-state index in [0.717, 1.165) is 31.9 Å². The Morgan fingerprint density at radius 1 is 1.44 bits per heavy atom. The monoisotopic (exact) mass is 250 g/mol. The van der Waals surface area contributed by atoms with Crippen LogP contribution < -0.4 is 0 Å². The Kier molecular flexibility index (Phi) is 4.57. The van der Waals surface area contributed by atoms with Gasteiger partial charge in [0.05, 0.1) is 5.56 Å². The molecule has 0 bridgehead atoms. The van der Waals surface area contributed by atoms with Crippen molar-refractivity contribution in [2.75, 3.05) is 13.2 Å². The Morgan fingerprint density at radius 2 is 2.33 bits per heavy atom. The molecule has 3 nitrogen and oxygen atoms in total. The summed E-state index contributed by atoms with van der Waals surface area (Å²) in [6, 6.07) is 3.88. The van der Waals surface area contributed by atoms with Crippen molar-refractivity contribution >= 4 is 0 Å². The number of halogens is 1. The minimum Gasteiger partial charge on any atom is -0.508 e. The second-order valence-corrected chi connectivity index (χ2v) is 4.07. The number of benzene rings is 1. The highest BCUT2D eigenvalue weighted by atomic mass is 19.1. The van der Waals surface area contributed by atoms with Crippen LogP contribution in [-0.4, -0.2) is 24.6 Å². The zero-order valence-electron chi connectivity index (χ0n) is 9.99. The Bertz CT molecular complexity index is 456. The molecular weight excluding hydrogens is 235 g/mol. The van der Waals surface area contributed by atoms with Crippen molar-refractivity contribution in [3.05, 3.63) is 29.6 Å². The minimum atomic E-state index is -0.531. The van der Waals surface area contributed by atoms with Gasteiger partial charge in [-0.15, -0.1) is 0 Å². The third kappa shape index (κ3) is 3.73. The molecule has 96 valence electrons. The molecule has 18 heavy (non-hydrogen) atoms. The van der Waals surface area contributed by atoms with Crippen molar-refractivity contribution in [2.24, 2.45) is 0 Å². The summed E-state index contributed by atoms with van der Waals surface area (Å²) in [4.78, 5) is 0. The second-order valence-electron chi connectivity index (χ2n) is 4.07. The van der Waals surface area contributed by atoms with Crippen molar-refractivity contribution in [3.63, 3.8) is 0 Å². The van der Waals surface area contributed by atoms with Gasteiger partial charge in [0, 0.05) is 12.7 Å². The van der Waals surface area contributed by atoms with Gasteiger partial charge in [-0.3, -0.25) is 0 Å². The van der Waals surface area contributed by atoms with Crippen LogP contribution in [-0.2, 0) is 9.47 Å². The van der Waals surface area contributed by atoms with Crippen LogP contribution in [0.4, 0.5) is 4.39 Å². The smallest absolute Gasteiger partial charge is 0.158 e. The van der Waals surface area contributed by atoms with Crippen molar-refractivity contribution in [1.82, 2.24) is 0 Å². The standard InChI is InChI=1S/C14H15FO3/c15-13-10-12(16)7-6-11(13)4-3-9-18-14-5-1-2-8-17-14/h6-7,10,14,16H,1-2,5,8-9H2. The molecule has 1 aliphatic rings. The van der Waals surface area contributed by atoms with Gasteiger partial charge in [-0.2, -0.15) is 0 Å². The molecule has 2 rings (SSSR count). The average molecular weight is 250 g/mol. The minimum absolute atomic E-state index is 0.107. The van der Waals surface area contributed by atoms with E-state index in [1.165, 1.54) is 12.1 Å². The number of phenols is 1. The molecule has 0 aromatic heterocycles. The van der Waals surface area contributed by atoms with E-state index >= 15 is 0 Å². The molecule has 1 unspecified atom stereocenters. The summed E-state index contributed by atoms with van der Waals surface area (Å²) in [7, 11) is 0. The SMILES string of the molecule is Oc1ccc(C#CCOC2CCCCO2)c(F)c1. The largest absolute Gasteiger partial charge is 0.508 e. The van der Waals surface area contributed by atoms with Gasteiger partial charge < -0.3 is 14.6 Å². The average Bonchev–Trinajstić information content (AvgIpc) is 2.38. The van der Waals surface area contributed by atoms with Gasteiger partial charge in [-0.05, 0) is 31.4 Å². The van der Waals surface area contributed by atoms with Crippen molar-refractivity contribution in [1.29, 1.82) is 0 Å². The van der Waals surface area contributed by atoms with Crippen LogP contribution in [0.1, 0.15) is 24.8 Å². The Morgan fingerprint density at radius 3 is 3.06 bits per heavy atom. The Balaban J connectivity index is 1.84. The molecule has 0 saturated carbocycles. The molecule has 1 fully saturated rings. The third-order valence-corrected chi connectivity index (χ3v) is 2.66. The first kappa shape index (κ1) is 12.9. The van der Waals surface area contributed by atoms with Gasteiger partial charge in [0.1, 0.15) is 18.2 Å². The highest BCUT2D eigenvalue weighted by Gasteiger charge is 2.12. The summed E-state index contributed by atoms with van der Waals surface area (Å²) in [6.45, 7) is 0.940. The fraction of sp³-hybridized carbons (Fsp3) is 0.429. The van der Waals surface area contributed by atoms with E-state index in [-0.39, 0.29) is 24.2 Å². The van der Waals surface area contributed by atoms with Crippen molar-refractivity contribution < 1.29 is 19.0 Å². The number of ether oxygens (including phenoxy) is 2. The number of aromatic hydroxyl groups is 1. The van der Waals surface area contributed by atoms with Crippen LogP contribution >= 0.6 is 0 Å². The van der Waals surface area contributed by atoms with Crippen LogP contribution in [0.2, 0.25) is 0 Å². The second kappa shape index (κ2) is 6.39. The first-order valence-corrected chi connectivity index (χ1v) is 5.96. The summed E-state index contributed by atoms with van der Waals surface area (Å²) in [5.41, 5.74) is 0.251. The van der Waals surface area contributed by atoms with E-state index in [4.69, 9.17) is 14.6 Å². The summed E-state index contributed by atoms with van der Waals surface area (Å²) >= 11 is 0. The van der Waals surface area contributed by atoms with E-state index in [0.29, 0.717) is 0 Å². The predicted octanol–water partition coefficient (Wildman–Crippen LogP) is 2.43. The number of rotatable bonds is 2. The maximum absolute atomic E-state index is 13.3. The van der Waals surface area contributed by atoms with Crippen LogP contribution in [0.3, 0.4) is 0 Å². The van der Waals surface area contributed by atoms with Gasteiger partial charge in [0.15, 0.2) is 6.29 Å². The molecule has 1 N–H and O–H groups in total. The summed E-state index contributed by atoms with van der Waals surface area (Å²) in [6.07, 6.45) is 2.88. The lowest BCUT2D eigenvalue weighted by Crippen LogP contribution is -2.22. The van der Waals surface area contributed by atoms with E-state index < -0.39 is 5.82 Å². The first-order chi connectivity index (χ1) is 8.75. The van der Waals surface area contributed by atoms with E-state index in [1.54, 1.807) is 0 Å². The molecule has 1 aromatic rings. The van der Waals surface area contributed by atoms with E-state index in [9.17, 15) is 4.39 Å². The summed E-state index contributed by atoms with van der Waals surface area (Å²) in [5, 5.41) is 9.05. The molecule has 1 atom stereocenters. The topological polar surface area (TPSA) is 38.7 Å². The highest BCUT2D eigenvalue weighted by Crippen LogP contribution is 2.14. The Labute approximate surface area is 106 Å². The third-order valence-electron chi connectivity index (χ3n) is 2.66. The molecule has 1 aliphatic heterocycles. The molecule has 0 spiro atoms. The zero-order chi connectivity index (χ0) is 12.8. The van der Waals surface area contributed by atoms with Crippen molar-refractivity contribution in [3.8, 4) is 17.6 Å². The lowest BCUT2D eigenvalue weighted by molar-refractivity contribution is -0.154. The van der Waals surface area contributed by atoms with Crippen LogP contribution in [0.5, 0.6) is 5.75 Å². The number of hydrogen-bond acceptors (Lipinski definition) is 3.